The third kappa shape index (κ3) is 7.71. The first-order valence-corrected chi connectivity index (χ1v) is 9.28. The lowest BCUT2D eigenvalue weighted by Crippen LogP contribution is -2.48. The number of aliphatic hydroxyl groups is 4. The number of carbonyl (C=O) groups is 2. The Morgan fingerprint density at radius 2 is 1.59 bits per heavy atom. The van der Waals surface area contributed by atoms with Gasteiger partial charge in [-0.2, -0.15) is 0 Å². The van der Waals surface area contributed by atoms with Crippen LogP contribution in [0, 0.1) is 16.7 Å². The number of aliphatic hydroxyl groups excluding tert-OH is 4. The van der Waals surface area contributed by atoms with E-state index in [-0.39, 0.29) is 42.5 Å². The van der Waals surface area contributed by atoms with Crippen LogP contribution in [-0.2, 0) is 4.79 Å². The average molecular weight is 389 g/mol. The second-order valence-electron chi connectivity index (χ2n) is 8.76. The number of Topliss-reactive ketones (excluding diaryl/α,β-unsaturated/α-hetero) is 1. The molecule has 0 heterocycles. The molecule has 5 N–H and O–H groups in total. The Hall–Kier alpha value is -1.26. The highest BCUT2D eigenvalue weighted by atomic mass is 16.3. The summed E-state index contributed by atoms with van der Waals surface area (Å²) in [7, 11) is 0. The molecular formula is C18H35N3O6. The van der Waals surface area contributed by atoms with Crippen molar-refractivity contribution in [2.75, 3.05) is 40.0 Å². The highest BCUT2D eigenvalue weighted by Crippen LogP contribution is 2.49. The predicted molar refractivity (Wildman–Crippen MR) is 99.1 cm³/mol. The summed E-state index contributed by atoms with van der Waals surface area (Å²) >= 11 is 0. The molecule has 27 heavy (non-hydrogen) atoms. The Morgan fingerprint density at radius 1 is 1.00 bits per heavy atom. The van der Waals surface area contributed by atoms with Crippen molar-refractivity contribution in [1.29, 1.82) is 0 Å². The topological polar surface area (TPSA) is 134 Å². The zero-order valence-corrected chi connectivity index (χ0v) is 16.6. The Morgan fingerprint density at radius 3 is 2.11 bits per heavy atom. The molecule has 1 saturated carbocycles. The molecule has 9 heteroatoms. The number of nitrogens with one attached hydrogen (secondary N) is 1. The SMILES string of the molecule is CC1(C)CC(CC(=O)CN(CO)CO)CC(C)(CNC(=O)N(CO)CO)C1. The summed E-state index contributed by atoms with van der Waals surface area (Å²) in [4.78, 5) is 26.4. The van der Waals surface area contributed by atoms with Gasteiger partial charge in [-0.05, 0) is 36.0 Å². The van der Waals surface area contributed by atoms with Crippen LogP contribution in [0.5, 0.6) is 0 Å². The first kappa shape index (κ1) is 23.8. The van der Waals surface area contributed by atoms with Gasteiger partial charge in [0.25, 0.3) is 0 Å². The van der Waals surface area contributed by atoms with Crippen molar-refractivity contribution in [1.82, 2.24) is 15.1 Å². The zero-order valence-electron chi connectivity index (χ0n) is 16.6. The smallest absolute Gasteiger partial charge is 0.321 e. The quantitative estimate of drug-likeness (QED) is 0.329. The molecule has 1 aliphatic rings. The van der Waals surface area contributed by atoms with Crippen LogP contribution in [0.1, 0.15) is 46.5 Å². The molecule has 1 aliphatic carbocycles. The highest BCUT2D eigenvalue weighted by Gasteiger charge is 2.42. The van der Waals surface area contributed by atoms with E-state index in [9.17, 15) is 9.59 Å². The highest BCUT2D eigenvalue weighted by molar-refractivity contribution is 5.80. The molecular weight excluding hydrogens is 354 g/mol. The molecule has 2 unspecified atom stereocenters. The Kier molecular flexibility index (Phi) is 9.10. The number of hydrogen-bond donors (Lipinski definition) is 5. The lowest BCUT2D eigenvalue weighted by molar-refractivity contribution is -0.124. The van der Waals surface area contributed by atoms with Gasteiger partial charge in [0, 0.05) is 13.0 Å². The van der Waals surface area contributed by atoms with E-state index in [4.69, 9.17) is 20.4 Å². The zero-order chi connectivity index (χ0) is 20.7. The summed E-state index contributed by atoms with van der Waals surface area (Å²) in [6.07, 6.45) is 2.89. The van der Waals surface area contributed by atoms with Gasteiger partial charge in [0.05, 0.1) is 20.0 Å². The minimum Gasteiger partial charge on any atom is -0.381 e. The van der Waals surface area contributed by atoms with E-state index in [1.54, 1.807) is 0 Å². The molecule has 0 aromatic carbocycles. The van der Waals surface area contributed by atoms with Crippen LogP contribution in [0.15, 0.2) is 0 Å². The fourth-order valence-corrected chi connectivity index (χ4v) is 4.48. The lowest BCUT2D eigenvalue weighted by atomic mass is 9.60. The van der Waals surface area contributed by atoms with Crippen LogP contribution in [0.2, 0.25) is 0 Å². The van der Waals surface area contributed by atoms with E-state index < -0.39 is 19.5 Å². The molecule has 0 aromatic rings. The van der Waals surface area contributed by atoms with Gasteiger partial charge in [-0.25, -0.2) is 4.79 Å². The first-order chi connectivity index (χ1) is 12.6. The Bertz CT molecular complexity index is 493. The summed E-state index contributed by atoms with van der Waals surface area (Å²) in [5.41, 5.74) is -0.212. The van der Waals surface area contributed by atoms with Crippen LogP contribution in [0.3, 0.4) is 0 Å². The molecule has 1 rings (SSSR count). The fourth-order valence-electron chi connectivity index (χ4n) is 4.48. The van der Waals surface area contributed by atoms with Crippen molar-refractivity contribution in [2.24, 2.45) is 16.7 Å². The van der Waals surface area contributed by atoms with E-state index in [1.165, 1.54) is 4.90 Å². The molecule has 0 radical (unpaired) electrons. The maximum atomic E-state index is 12.3. The predicted octanol–water partition coefficient (Wildman–Crippen LogP) is -0.109. The number of urea groups is 1. The summed E-state index contributed by atoms with van der Waals surface area (Å²) < 4.78 is 0. The average Bonchev–Trinajstić information content (AvgIpc) is 2.57. The molecule has 2 atom stereocenters. The van der Waals surface area contributed by atoms with Crippen molar-refractivity contribution >= 4 is 11.8 Å². The second-order valence-corrected chi connectivity index (χ2v) is 8.76. The van der Waals surface area contributed by atoms with Crippen LogP contribution in [-0.4, -0.2) is 82.1 Å². The van der Waals surface area contributed by atoms with E-state index >= 15 is 0 Å². The molecule has 158 valence electrons. The van der Waals surface area contributed by atoms with Gasteiger partial charge in [-0.15, -0.1) is 0 Å². The van der Waals surface area contributed by atoms with Gasteiger partial charge < -0.3 is 25.7 Å². The maximum Gasteiger partial charge on any atom is 0.321 e. The van der Waals surface area contributed by atoms with Crippen molar-refractivity contribution < 1.29 is 30.0 Å². The summed E-state index contributed by atoms with van der Waals surface area (Å²) in [5, 5.41) is 39.1. The maximum absolute atomic E-state index is 12.3. The number of nitrogens with zero attached hydrogens (tertiary/aromatic N) is 2. The number of hydrogen-bond acceptors (Lipinski definition) is 7. The van der Waals surface area contributed by atoms with Crippen molar-refractivity contribution in [3.8, 4) is 0 Å². The van der Waals surface area contributed by atoms with Crippen molar-refractivity contribution in [3.05, 3.63) is 0 Å². The summed E-state index contributed by atoms with van der Waals surface area (Å²) in [5.74, 6) is 0.119. The monoisotopic (exact) mass is 389 g/mol. The van der Waals surface area contributed by atoms with E-state index in [0.29, 0.717) is 13.0 Å². The number of carbonyl (C=O) groups excluding carboxylic acids is 2. The minimum absolute atomic E-state index is 0.00393. The summed E-state index contributed by atoms with van der Waals surface area (Å²) in [6, 6.07) is -0.529. The third-order valence-corrected chi connectivity index (χ3v) is 5.14. The van der Waals surface area contributed by atoms with Gasteiger partial charge in [0.1, 0.15) is 19.2 Å². The number of ketones is 1. The van der Waals surface area contributed by atoms with E-state index in [1.807, 2.05) is 0 Å². The molecule has 9 nitrogen and oxygen atoms in total. The van der Waals surface area contributed by atoms with Crippen molar-refractivity contribution in [2.45, 2.75) is 46.5 Å². The molecule has 0 aliphatic heterocycles. The Labute approximate surface area is 161 Å². The van der Waals surface area contributed by atoms with Crippen LogP contribution < -0.4 is 5.32 Å². The van der Waals surface area contributed by atoms with Gasteiger partial charge in [-0.1, -0.05) is 20.8 Å². The van der Waals surface area contributed by atoms with Crippen LogP contribution in [0.4, 0.5) is 4.79 Å². The second kappa shape index (κ2) is 10.3. The third-order valence-electron chi connectivity index (χ3n) is 5.14. The largest absolute Gasteiger partial charge is 0.381 e. The van der Waals surface area contributed by atoms with Gasteiger partial charge in [-0.3, -0.25) is 14.6 Å². The van der Waals surface area contributed by atoms with Gasteiger partial charge >= 0.3 is 6.03 Å². The van der Waals surface area contributed by atoms with E-state index in [2.05, 4.69) is 26.1 Å². The molecule has 0 spiro atoms. The van der Waals surface area contributed by atoms with Crippen LogP contribution in [0.25, 0.3) is 0 Å². The van der Waals surface area contributed by atoms with Crippen LogP contribution >= 0.6 is 0 Å². The number of amides is 2. The molecule has 1 fully saturated rings. The van der Waals surface area contributed by atoms with Gasteiger partial charge in [0.15, 0.2) is 0 Å². The van der Waals surface area contributed by atoms with E-state index in [0.717, 1.165) is 24.2 Å². The molecule has 0 aromatic heterocycles. The Balaban J connectivity index is 2.70. The number of rotatable bonds is 10. The van der Waals surface area contributed by atoms with Crippen molar-refractivity contribution in [3.63, 3.8) is 0 Å². The lowest BCUT2D eigenvalue weighted by Gasteiger charge is -2.47. The molecule has 2 amide bonds. The summed E-state index contributed by atoms with van der Waals surface area (Å²) in [6.45, 7) is 4.90. The first-order valence-electron chi connectivity index (χ1n) is 9.28. The molecule has 0 saturated heterocycles. The minimum atomic E-state index is -0.562. The normalized spacial score (nSPS) is 24.7. The van der Waals surface area contributed by atoms with Gasteiger partial charge in [0.2, 0.25) is 0 Å². The standard InChI is InChI=1S/C18H35N3O6/c1-17(2)5-14(4-15(26)7-20(10-22)11-23)6-18(3,8-17)9-19-16(27)21(12-24)13-25/h14,22-25H,4-13H2,1-3H3,(H,19,27). The fraction of sp³-hybridized carbons (Fsp3) is 0.889. The molecule has 0 bridgehead atoms.